The minimum absolute atomic E-state index is 0. The molecule has 7 heteroatoms. The Labute approximate surface area is 121 Å². The fraction of sp³-hybridized carbons (Fsp3) is 0. The van der Waals surface area contributed by atoms with Gasteiger partial charge in [0.15, 0.2) is 12.4 Å². The first kappa shape index (κ1) is 16.1. The van der Waals surface area contributed by atoms with Crippen LogP contribution < -0.4 is 9.46 Å². The van der Waals surface area contributed by atoms with Crippen molar-refractivity contribution in [1.82, 2.24) is 0 Å². The van der Waals surface area contributed by atoms with Gasteiger partial charge in [0.2, 0.25) is 10.1 Å². The summed E-state index contributed by atoms with van der Waals surface area (Å²) in [6, 6.07) is 10.1. The number of thiol groups is 2. The normalized spacial score (nSPS) is 8.59. The molecule has 2 aromatic heterocycles. The van der Waals surface area contributed by atoms with E-state index < -0.39 is 0 Å². The van der Waals surface area contributed by atoms with E-state index >= 15 is 0 Å². The Bertz CT molecular complexity index is 386. The minimum atomic E-state index is 0. The van der Waals surface area contributed by atoms with Gasteiger partial charge in [-0.1, -0.05) is 25.3 Å². The van der Waals surface area contributed by atoms with Crippen LogP contribution in [0, 0.1) is 10.4 Å². The number of rotatable bonds is 0. The van der Waals surface area contributed by atoms with Crippen LogP contribution in [0.4, 0.5) is 0 Å². The molecular formula is C10H10CuN2O2S2. The Morgan fingerprint density at radius 2 is 1.12 bits per heavy atom. The molecule has 2 rings (SSSR count). The maximum atomic E-state index is 10.5. The van der Waals surface area contributed by atoms with Crippen molar-refractivity contribution >= 4 is 25.3 Å². The summed E-state index contributed by atoms with van der Waals surface area (Å²) >= 11 is 7.70. The van der Waals surface area contributed by atoms with Crippen LogP contribution in [0.25, 0.3) is 0 Å². The molecule has 0 unspecified atom stereocenters. The summed E-state index contributed by atoms with van der Waals surface area (Å²) in [4.78, 5) is 0. The molecule has 0 aliphatic rings. The Balaban J connectivity index is 0.000000284. The summed E-state index contributed by atoms with van der Waals surface area (Å²) in [5.74, 6) is 0. The van der Waals surface area contributed by atoms with Crippen LogP contribution in [0.15, 0.2) is 58.8 Å². The molecule has 0 aromatic carbocycles. The van der Waals surface area contributed by atoms with E-state index in [1.54, 1.807) is 36.4 Å². The molecule has 0 spiro atoms. The Kier molecular flexibility index (Phi) is 7.82. The van der Waals surface area contributed by atoms with E-state index in [1.807, 2.05) is 0 Å². The maximum absolute atomic E-state index is 10.5. The van der Waals surface area contributed by atoms with E-state index in [1.165, 1.54) is 12.4 Å². The molecule has 0 bridgehead atoms. The monoisotopic (exact) mass is 317 g/mol. The van der Waals surface area contributed by atoms with Gasteiger partial charge < -0.3 is 10.4 Å². The van der Waals surface area contributed by atoms with Crippen molar-refractivity contribution in [3.05, 3.63) is 59.2 Å². The average molecular weight is 318 g/mol. The molecule has 0 saturated carbocycles. The van der Waals surface area contributed by atoms with E-state index in [4.69, 9.17) is 0 Å². The van der Waals surface area contributed by atoms with E-state index in [2.05, 4.69) is 25.3 Å². The van der Waals surface area contributed by atoms with Gasteiger partial charge in [-0.3, -0.25) is 0 Å². The average Bonchev–Trinajstić information content (AvgIpc) is 2.28. The summed E-state index contributed by atoms with van der Waals surface area (Å²) in [6.07, 6.45) is 2.81. The predicted octanol–water partition coefficient (Wildman–Crippen LogP) is 1.21. The van der Waals surface area contributed by atoms with Gasteiger partial charge in [0.25, 0.3) is 0 Å². The Morgan fingerprint density at radius 3 is 1.29 bits per heavy atom. The second kappa shape index (κ2) is 8.25. The second-order valence-corrected chi connectivity index (χ2v) is 3.69. The molecule has 95 valence electrons. The Hall–Kier alpha value is -0.881. The Morgan fingerprint density at radius 1 is 0.765 bits per heavy atom. The van der Waals surface area contributed by atoms with Gasteiger partial charge in [-0.25, -0.2) is 0 Å². The maximum Gasteiger partial charge on any atom is 0.248 e. The van der Waals surface area contributed by atoms with Crippen molar-refractivity contribution in [2.75, 3.05) is 0 Å². The van der Waals surface area contributed by atoms with Crippen LogP contribution in [-0.4, -0.2) is 0 Å². The number of hydrogen-bond donors (Lipinski definition) is 2. The molecule has 4 nitrogen and oxygen atoms in total. The first-order chi connectivity index (χ1) is 7.61. The van der Waals surface area contributed by atoms with Crippen molar-refractivity contribution < 1.29 is 26.5 Å². The number of nitrogens with zero attached hydrogens (tertiary/aromatic N) is 2. The zero-order valence-corrected chi connectivity index (χ0v) is 11.3. The van der Waals surface area contributed by atoms with Crippen LogP contribution in [0.1, 0.15) is 0 Å². The molecule has 0 amide bonds. The zero-order valence-electron chi connectivity index (χ0n) is 8.53. The van der Waals surface area contributed by atoms with Crippen LogP contribution in [0.5, 0.6) is 0 Å². The van der Waals surface area contributed by atoms with E-state index in [0.29, 0.717) is 19.5 Å². The van der Waals surface area contributed by atoms with Crippen molar-refractivity contribution in [2.24, 2.45) is 0 Å². The van der Waals surface area contributed by atoms with Gasteiger partial charge in [-0.2, -0.15) is 9.46 Å². The molecule has 0 fully saturated rings. The van der Waals surface area contributed by atoms with E-state index in [0.717, 1.165) is 0 Å². The molecule has 2 heterocycles. The zero-order chi connectivity index (χ0) is 12.0. The summed E-state index contributed by atoms with van der Waals surface area (Å²) in [7, 11) is 0. The van der Waals surface area contributed by atoms with Gasteiger partial charge in [0.05, 0.1) is 0 Å². The molecule has 17 heavy (non-hydrogen) atoms. The molecule has 0 saturated heterocycles. The predicted molar refractivity (Wildman–Crippen MR) is 65.3 cm³/mol. The molecule has 1 radical (unpaired) electrons. The van der Waals surface area contributed by atoms with Crippen LogP contribution in [0.3, 0.4) is 0 Å². The van der Waals surface area contributed by atoms with E-state index in [-0.39, 0.29) is 17.1 Å². The minimum Gasteiger partial charge on any atom is -0.618 e. The van der Waals surface area contributed by atoms with Crippen molar-refractivity contribution in [3.63, 3.8) is 0 Å². The summed E-state index contributed by atoms with van der Waals surface area (Å²) < 4.78 is 1.40. The van der Waals surface area contributed by atoms with Crippen LogP contribution >= 0.6 is 25.3 Å². The third kappa shape index (κ3) is 5.83. The van der Waals surface area contributed by atoms with Crippen LogP contribution in [-0.2, 0) is 17.1 Å². The molecule has 0 aliphatic heterocycles. The van der Waals surface area contributed by atoms with Gasteiger partial charge >= 0.3 is 0 Å². The van der Waals surface area contributed by atoms with Gasteiger partial charge in [0, 0.05) is 41.3 Å². The topological polar surface area (TPSA) is 53.9 Å². The number of pyridine rings is 2. The van der Waals surface area contributed by atoms with E-state index in [9.17, 15) is 10.4 Å². The molecule has 0 N–H and O–H groups in total. The molecule has 2 aromatic rings. The van der Waals surface area contributed by atoms with Crippen molar-refractivity contribution in [1.29, 1.82) is 0 Å². The quantitative estimate of drug-likeness (QED) is 0.332. The number of hydrogen-bond acceptors (Lipinski definition) is 4. The SMILES string of the molecule is [Cu].[O-][n+]1ccccc1S.[O-][n+]1ccccc1S. The molecule has 0 atom stereocenters. The largest absolute Gasteiger partial charge is 0.618 e. The second-order valence-electron chi connectivity index (χ2n) is 2.77. The first-order valence-electron chi connectivity index (χ1n) is 4.35. The van der Waals surface area contributed by atoms with Gasteiger partial charge in [-0.05, 0) is 12.1 Å². The van der Waals surface area contributed by atoms with Gasteiger partial charge in [-0.15, -0.1) is 0 Å². The molecular weight excluding hydrogens is 308 g/mol. The summed E-state index contributed by atoms with van der Waals surface area (Å²) in [5.41, 5.74) is 0. The standard InChI is InChI=1S/2C5H5NOS.Cu/c2*7-6-4-2-1-3-5(6)8;/h2*1-4,8H;. The third-order valence-corrected chi connectivity index (χ3v) is 2.30. The fourth-order valence-electron chi connectivity index (χ4n) is 0.839. The number of aromatic nitrogens is 2. The summed E-state index contributed by atoms with van der Waals surface area (Å²) in [5, 5.41) is 21.8. The fourth-order valence-corrected chi connectivity index (χ4v) is 1.14. The van der Waals surface area contributed by atoms with Crippen molar-refractivity contribution in [2.45, 2.75) is 10.1 Å². The smallest absolute Gasteiger partial charge is 0.248 e. The van der Waals surface area contributed by atoms with Crippen LogP contribution in [0.2, 0.25) is 0 Å². The molecule has 0 aliphatic carbocycles. The third-order valence-electron chi connectivity index (χ3n) is 1.61. The van der Waals surface area contributed by atoms with Crippen molar-refractivity contribution in [3.8, 4) is 0 Å². The van der Waals surface area contributed by atoms with Gasteiger partial charge in [0.1, 0.15) is 0 Å². The first-order valence-corrected chi connectivity index (χ1v) is 5.25. The summed E-state index contributed by atoms with van der Waals surface area (Å²) in [6.45, 7) is 0.